The zero-order chi connectivity index (χ0) is 21.7. The van der Waals surface area contributed by atoms with Crippen molar-refractivity contribution in [3.05, 3.63) is 81.2 Å². The van der Waals surface area contributed by atoms with Gasteiger partial charge in [0.2, 0.25) is 0 Å². The molecule has 0 N–H and O–H groups in total. The minimum Gasteiger partial charge on any atom is -0.465 e. The van der Waals surface area contributed by atoms with E-state index in [9.17, 15) is 14.4 Å². The average Bonchev–Trinajstić information content (AvgIpc) is 3.00. The van der Waals surface area contributed by atoms with Gasteiger partial charge in [-0.05, 0) is 42.6 Å². The number of hydroxylamine groups is 2. The molecule has 0 bridgehead atoms. The summed E-state index contributed by atoms with van der Waals surface area (Å²) in [5.74, 6) is -1.47. The van der Waals surface area contributed by atoms with E-state index >= 15 is 0 Å². The first-order valence-electron chi connectivity index (χ1n) is 9.24. The summed E-state index contributed by atoms with van der Waals surface area (Å²) < 4.78 is 5.18. The van der Waals surface area contributed by atoms with Gasteiger partial charge in [-0.3, -0.25) is 19.2 Å². The Labute approximate surface area is 172 Å². The number of nitrogens with zero attached hydrogens (tertiary/aromatic N) is 4. The smallest absolute Gasteiger partial charge is 0.315 e. The van der Waals surface area contributed by atoms with Crippen molar-refractivity contribution in [2.45, 2.75) is 25.9 Å². The second kappa shape index (κ2) is 8.77. The van der Waals surface area contributed by atoms with Crippen molar-refractivity contribution in [3.63, 3.8) is 0 Å². The molecule has 154 valence electrons. The lowest BCUT2D eigenvalue weighted by molar-refractivity contribution is -0.149. The summed E-state index contributed by atoms with van der Waals surface area (Å²) in [6.45, 7) is 3.46. The van der Waals surface area contributed by atoms with Gasteiger partial charge >= 0.3 is 5.97 Å². The van der Waals surface area contributed by atoms with Crippen molar-refractivity contribution >= 4 is 17.8 Å². The summed E-state index contributed by atoms with van der Waals surface area (Å²) in [6.07, 6.45) is 0. The number of hydrogen-bond acceptors (Lipinski definition) is 6. The first-order valence-corrected chi connectivity index (χ1v) is 9.24. The van der Waals surface area contributed by atoms with Gasteiger partial charge in [-0.25, -0.2) is 0 Å². The summed E-state index contributed by atoms with van der Waals surface area (Å²) >= 11 is 0. The van der Waals surface area contributed by atoms with Gasteiger partial charge in [0.1, 0.15) is 6.61 Å². The lowest BCUT2D eigenvalue weighted by Crippen LogP contribution is -2.32. The molecule has 0 saturated carbocycles. The molecular formula is C21H20N4O5. The highest BCUT2D eigenvalue weighted by atomic mass is 16.7. The number of rotatable bonds is 8. The zero-order valence-corrected chi connectivity index (χ0v) is 16.6. The van der Waals surface area contributed by atoms with E-state index in [1.54, 1.807) is 62.4 Å². The molecule has 0 saturated heterocycles. The number of amides is 2. The van der Waals surface area contributed by atoms with Crippen LogP contribution in [0.5, 0.6) is 0 Å². The quantitative estimate of drug-likeness (QED) is 0.165. The number of ether oxygens (including phenoxy) is 1. The van der Waals surface area contributed by atoms with Crippen molar-refractivity contribution < 1.29 is 24.0 Å². The maximum Gasteiger partial charge on any atom is 0.315 e. The second-order valence-electron chi connectivity index (χ2n) is 7.14. The van der Waals surface area contributed by atoms with Gasteiger partial charge in [0.05, 0.1) is 29.7 Å². The van der Waals surface area contributed by atoms with Crippen molar-refractivity contribution in [1.29, 1.82) is 0 Å². The molecule has 2 amide bonds. The van der Waals surface area contributed by atoms with Crippen LogP contribution in [0.25, 0.3) is 10.4 Å². The highest BCUT2D eigenvalue weighted by Gasteiger charge is 2.36. The van der Waals surface area contributed by atoms with Gasteiger partial charge in [-0.2, -0.15) is 0 Å². The fraction of sp³-hybridized carbons (Fsp3) is 0.286. The molecule has 0 atom stereocenters. The third-order valence-electron chi connectivity index (χ3n) is 4.76. The number of azide groups is 1. The Kier molecular flexibility index (Phi) is 6.15. The van der Waals surface area contributed by atoms with E-state index in [4.69, 9.17) is 15.1 Å². The molecule has 3 rings (SSSR count). The van der Waals surface area contributed by atoms with Gasteiger partial charge in [-0.15, -0.1) is 5.06 Å². The number of hydrogen-bond donors (Lipinski definition) is 0. The largest absolute Gasteiger partial charge is 0.465 e. The summed E-state index contributed by atoms with van der Waals surface area (Å²) in [4.78, 5) is 45.3. The Bertz CT molecular complexity index is 1010. The summed E-state index contributed by atoms with van der Waals surface area (Å²) in [7, 11) is 0. The van der Waals surface area contributed by atoms with Crippen LogP contribution in [0.4, 0.5) is 0 Å². The van der Waals surface area contributed by atoms with Gasteiger partial charge in [-0.1, -0.05) is 41.5 Å². The number of fused-ring (bicyclic) bond motifs is 1. The highest BCUT2D eigenvalue weighted by molar-refractivity contribution is 6.20. The van der Waals surface area contributed by atoms with Crippen LogP contribution < -0.4 is 0 Å². The molecule has 30 heavy (non-hydrogen) atoms. The predicted molar refractivity (Wildman–Crippen MR) is 106 cm³/mol. The van der Waals surface area contributed by atoms with Crippen LogP contribution in [0, 0.1) is 0 Å². The molecule has 1 aliphatic heterocycles. The fourth-order valence-corrected chi connectivity index (χ4v) is 3.00. The van der Waals surface area contributed by atoms with Crippen LogP contribution in [-0.2, 0) is 26.4 Å². The van der Waals surface area contributed by atoms with Crippen molar-refractivity contribution in [2.24, 2.45) is 5.11 Å². The molecule has 0 spiro atoms. The number of carbonyl (C=O) groups excluding carboxylic acids is 3. The molecule has 0 aromatic heterocycles. The minimum atomic E-state index is -0.956. The average molecular weight is 408 g/mol. The third-order valence-corrected chi connectivity index (χ3v) is 4.76. The molecule has 2 aromatic carbocycles. The molecule has 1 aliphatic rings. The van der Waals surface area contributed by atoms with Crippen LogP contribution in [0.15, 0.2) is 53.6 Å². The van der Waals surface area contributed by atoms with Crippen molar-refractivity contribution in [3.8, 4) is 0 Å². The molecule has 9 heteroatoms. The molecule has 1 heterocycles. The Hall–Kier alpha value is -3.68. The standard InChI is InChI=1S/C21H20N4O5/c1-21(2,20(28)29-11-10-23-24-22)15-7-5-6-14(12-15)13-30-25-18(26)16-8-3-4-9-17(16)19(25)27/h3-9,12H,10-11,13H2,1-2H3. The van der Waals surface area contributed by atoms with Crippen LogP contribution in [0.2, 0.25) is 0 Å². The van der Waals surface area contributed by atoms with Crippen LogP contribution in [-0.4, -0.2) is 36.0 Å². The maximum absolute atomic E-state index is 12.4. The Morgan fingerprint density at radius 2 is 1.77 bits per heavy atom. The molecule has 0 fully saturated rings. The van der Waals surface area contributed by atoms with Crippen LogP contribution in [0.3, 0.4) is 0 Å². The molecule has 9 nitrogen and oxygen atoms in total. The summed E-state index contributed by atoms with van der Waals surface area (Å²) in [5.41, 5.74) is 9.29. The molecule has 0 radical (unpaired) electrons. The van der Waals surface area contributed by atoms with E-state index in [0.717, 1.165) is 5.06 Å². The summed E-state index contributed by atoms with van der Waals surface area (Å²) in [6, 6.07) is 13.6. The number of carbonyl (C=O) groups is 3. The topological polar surface area (TPSA) is 122 Å². The van der Waals surface area contributed by atoms with Crippen LogP contribution in [0.1, 0.15) is 45.7 Å². The predicted octanol–water partition coefficient (Wildman–Crippen LogP) is 3.55. The Morgan fingerprint density at radius 1 is 1.10 bits per heavy atom. The molecule has 0 aliphatic carbocycles. The molecule has 0 unspecified atom stereocenters. The lowest BCUT2D eigenvalue weighted by Gasteiger charge is -2.23. The fourth-order valence-electron chi connectivity index (χ4n) is 3.00. The third kappa shape index (κ3) is 4.17. The molecular weight excluding hydrogens is 388 g/mol. The Morgan fingerprint density at radius 3 is 2.40 bits per heavy atom. The van der Waals surface area contributed by atoms with Gasteiger partial charge < -0.3 is 4.74 Å². The van der Waals surface area contributed by atoms with Gasteiger partial charge in [0.15, 0.2) is 0 Å². The minimum absolute atomic E-state index is 0.00509. The number of esters is 1. The van der Waals surface area contributed by atoms with E-state index in [-0.39, 0.29) is 19.8 Å². The first-order chi connectivity index (χ1) is 14.4. The van der Waals surface area contributed by atoms with E-state index < -0.39 is 23.2 Å². The normalized spacial score (nSPS) is 13.1. The Balaban J connectivity index is 1.67. The molecule has 2 aromatic rings. The zero-order valence-electron chi connectivity index (χ0n) is 16.6. The second-order valence-corrected chi connectivity index (χ2v) is 7.14. The highest BCUT2D eigenvalue weighted by Crippen LogP contribution is 2.27. The first kappa shape index (κ1) is 21.0. The maximum atomic E-state index is 12.4. The van der Waals surface area contributed by atoms with Gasteiger partial charge in [0.25, 0.3) is 11.8 Å². The van der Waals surface area contributed by atoms with Crippen molar-refractivity contribution in [2.75, 3.05) is 13.2 Å². The monoisotopic (exact) mass is 408 g/mol. The lowest BCUT2D eigenvalue weighted by atomic mass is 9.84. The van der Waals surface area contributed by atoms with Gasteiger partial charge in [0, 0.05) is 4.91 Å². The van der Waals surface area contributed by atoms with E-state index in [1.165, 1.54) is 0 Å². The van der Waals surface area contributed by atoms with E-state index in [1.807, 2.05) is 0 Å². The van der Waals surface area contributed by atoms with E-state index in [0.29, 0.717) is 22.3 Å². The van der Waals surface area contributed by atoms with Crippen molar-refractivity contribution in [1.82, 2.24) is 5.06 Å². The van der Waals surface area contributed by atoms with Crippen LogP contribution >= 0.6 is 0 Å². The SMILES string of the molecule is CC(C)(C(=O)OCCN=[N+]=[N-])c1cccc(CON2C(=O)c3ccccc3C2=O)c1. The van der Waals surface area contributed by atoms with E-state index in [2.05, 4.69) is 10.0 Å². The summed E-state index contributed by atoms with van der Waals surface area (Å²) in [5, 5.41) is 4.09. The number of imide groups is 1. The number of benzene rings is 2.